The zero-order valence-corrected chi connectivity index (χ0v) is 9.15. The van der Waals surface area contributed by atoms with Crippen LogP contribution in [0.3, 0.4) is 0 Å². The lowest BCUT2D eigenvalue weighted by Gasteiger charge is -2.08. The zero-order chi connectivity index (χ0) is 10.7. The second-order valence-electron chi connectivity index (χ2n) is 4.25. The number of carbonyl (C=O) groups is 1. The second kappa shape index (κ2) is 4.55. The fraction of sp³-hybridized carbons (Fsp3) is 0.727. The van der Waals surface area contributed by atoms with Gasteiger partial charge in [0.15, 0.2) is 0 Å². The molecule has 1 aliphatic rings. The monoisotopic (exact) mass is 207 g/mol. The van der Waals surface area contributed by atoms with Gasteiger partial charge in [-0.3, -0.25) is 9.48 Å². The molecule has 1 saturated carbocycles. The number of nitrogens with zero attached hydrogens (tertiary/aromatic N) is 3. The molecule has 1 aromatic rings. The van der Waals surface area contributed by atoms with Crippen LogP contribution in [0.25, 0.3) is 0 Å². The topological polar surface area (TPSA) is 47.8 Å². The number of aromatic nitrogens is 3. The number of hydrogen-bond acceptors (Lipinski definition) is 3. The quantitative estimate of drug-likeness (QED) is 0.753. The maximum Gasteiger partial charge on any atom is 0.138 e. The number of hydrogen-bond donors (Lipinski definition) is 0. The first-order valence-corrected chi connectivity index (χ1v) is 5.68. The molecule has 0 aromatic carbocycles. The van der Waals surface area contributed by atoms with Gasteiger partial charge in [0.25, 0.3) is 0 Å². The van der Waals surface area contributed by atoms with Crippen molar-refractivity contribution in [3.8, 4) is 0 Å². The third-order valence-electron chi connectivity index (χ3n) is 2.95. The predicted molar refractivity (Wildman–Crippen MR) is 56.4 cm³/mol. The van der Waals surface area contributed by atoms with Crippen LogP contribution in [0, 0.1) is 5.92 Å². The average molecular weight is 207 g/mol. The van der Waals surface area contributed by atoms with Gasteiger partial charge in [0.05, 0.1) is 0 Å². The van der Waals surface area contributed by atoms with E-state index in [1.807, 2.05) is 4.68 Å². The minimum Gasteiger partial charge on any atom is -0.300 e. The maximum atomic E-state index is 11.1. The molecule has 1 atom stereocenters. The number of carbonyl (C=O) groups excluding carboxylic acids is 1. The fourth-order valence-corrected chi connectivity index (χ4v) is 2.17. The summed E-state index contributed by atoms with van der Waals surface area (Å²) in [4.78, 5) is 15.4. The lowest BCUT2D eigenvalue weighted by molar-refractivity contribution is -0.117. The molecule has 0 radical (unpaired) electrons. The lowest BCUT2D eigenvalue weighted by atomic mass is 10.0. The van der Waals surface area contributed by atoms with Gasteiger partial charge in [0, 0.05) is 25.8 Å². The van der Waals surface area contributed by atoms with Gasteiger partial charge in [-0.1, -0.05) is 6.92 Å². The van der Waals surface area contributed by atoms with E-state index < -0.39 is 0 Å². The molecule has 2 rings (SSSR count). The van der Waals surface area contributed by atoms with E-state index in [-0.39, 0.29) is 0 Å². The van der Waals surface area contributed by atoms with Crippen molar-refractivity contribution in [3.05, 3.63) is 12.2 Å². The zero-order valence-electron chi connectivity index (χ0n) is 9.15. The van der Waals surface area contributed by atoms with Gasteiger partial charge in [-0.05, 0) is 18.8 Å². The smallest absolute Gasteiger partial charge is 0.138 e. The van der Waals surface area contributed by atoms with Crippen LogP contribution in [0.2, 0.25) is 0 Å². The molecule has 4 nitrogen and oxygen atoms in total. The Hall–Kier alpha value is -1.19. The Morgan fingerprint density at radius 1 is 1.60 bits per heavy atom. The molecule has 0 bridgehead atoms. The Morgan fingerprint density at radius 3 is 3.13 bits per heavy atom. The molecule has 82 valence electrons. The van der Waals surface area contributed by atoms with Crippen LogP contribution in [0.1, 0.15) is 38.4 Å². The molecule has 0 saturated heterocycles. The highest BCUT2D eigenvalue weighted by atomic mass is 16.1. The van der Waals surface area contributed by atoms with Crippen LogP contribution in [-0.4, -0.2) is 20.5 Å². The molecule has 15 heavy (non-hydrogen) atoms. The highest BCUT2D eigenvalue weighted by Crippen LogP contribution is 2.24. The number of Topliss-reactive ketones (excluding diaryl/α,β-unsaturated/α-hetero) is 1. The van der Waals surface area contributed by atoms with Crippen LogP contribution in [0.15, 0.2) is 6.33 Å². The highest BCUT2D eigenvalue weighted by molar-refractivity contribution is 5.80. The number of ketones is 1. The third-order valence-corrected chi connectivity index (χ3v) is 2.95. The van der Waals surface area contributed by atoms with Gasteiger partial charge >= 0.3 is 0 Å². The van der Waals surface area contributed by atoms with Crippen LogP contribution >= 0.6 is 0 Å². The Bertz CT molecular complexity index is 345. The molecule has 1 unspecified atom stereocenters. The Morgan fingerprint density at radius 2 is 2.47 bits per heavy atom. The minimum absolute atomic E-state index is 0.404. The van der Waals surface area contributed by atoms with E-state index in [1.54, 1.807) is 6.33 Å². The summed E-state index contributed by atoms with van der Waals surface area (Å²) in [5.74, 6) is 1.94. The van der Waals surface area contributed by atoms with E-state index in [2.05, 4.69) is 17.0 Å². The van der Waals surface area contributed by atoms with Gasteiger partial charge in [-0.2, -0.15) is 5.10 Å². The van der Waals surface area contributed by atoms with Crippen molar-refractivity contribution < 1.29 is 4.79 Å². The van der Waals surface area contributed by atoms with Crippen molar-refractivity contribution in [2.24, 2.45) is 5.92 Å². The lowest BCUT2D eigenvalue weighted by Crippen LogP contribution is -2.10. The van der Waals surface area contributed by atoms with Crippen LogP contribution in [0.4, 0.5) is 0 Å². The first-order valence-electron chi connectivity index (χ1n) is 5.68. The summed E-state index contributed by atoms with van der Waals surface area (Å²) in [7, 11) is 0. The Labute approximate surface area is 89.7 Å². The largest absolute Gasteiger partial charge is 0.300 e. The molecule has 1 fully saturated rings. The first kappa shape index (κ1) is 10.3. The minimum atomic E-state index is 0.404. The fourth-order valence-electron chi connectivity index (χ4n) is 2.17. The summed E-state index contributed by atoms with van der Waals surface area (Å²) in [6, 6.07) is 0. The van der Waals surface area contributed by atoms with Gasteiger partial charge in [-0.25, -0.2) is 4.98 Å². The van der Waals surface area contributed by atoms with Crippen LogP contribution < -0.4 is 0 Å². The molecule has 0 spiro atoms. The molecule has 4 heteroatoms. The Balaban J connectivity index is 1.97. The summed E-state index contributed by atoms with van der Waals surface area (Å²) in [5, 5.41) is 4.19. The van der Waals surface area contributed by atoms with Crippen molar-refractivity contribution in [1.29, 1.82) is 0 Å². The predicted octanol–water partition coefficient (Wildman–Crippen LogP) is 1.60. The van der Waals surface area contributed by atoms with E-state index in [0.717, 1.165) is 44.5 Å². The van der Waals surface area contributed by atoms with Gasteiger partial charge in [-0.15, -0.1) is 0 Å². The van der Waals surface area contributed by atoms with Crippen LogP contribution in [-0.2, 0) is 17.8 Å². The highest BCUT2D eigenvalue weighted by Gasteiger charge is 2.23. The summed E-state index contributed by atoms with van der Waals surface area (Å²) in [6.07, 6.45) is 6.11. The molecular weight excluding hydrogens is 190 g/mol. The van der Waals surface area contributed by atoms with Gasteiger partial charge in [0.1, 0.15) is 17.9 Å². The summed E-state index contributed by atoms with van der Waals surface area (Å²) in [6.45, 7) is 3.06. The average Bonchev–Trinajstić information content (AvgIpc) is 2.78. The number of rotatable bonds is 4. The van der Waals surface area contributed by atoms with Crippen LogP contribution in [0.5, 0.6) is 0 Å². The molecule has 0 N–H and O–H groups in total. The van der Waals surface area contributed by atoms with E-state index >= 15 is 0 Å². The normalized spacial score (nSPS) is 21.1. The molecule has 1 aliphatic carbocycles. The first-order chi connectivity index (χ1) is 7.29. The standard InChI is InChI=1S/C11H17N3O/c1-2-5-14-11(12-8-13-14)7-9-3-4-10(15)6-9/h8-9H,2-7H2,1H3. The van der Waals surface area contributed by atoms with Crippen molar-refractivity contribution in [2.75, 3.05) is 0 Å². The van der Waals surface area contributed by atoms with E-state index in [9.17, 15) is 4.79 Å². The molecule has 1 aromatic heterocycles. The van der Waals surface area contributed by atoms with Crippen molar-refractivity contribution in [3.63, 3.8) is 0 Å². The summed E-state index contributed by atoms with van der Waals surface area (Å²) < 4.78 is 1.96. The summed E-state index contributed by atoms with van der Waals surface area (Å²) in [5.41, 5.74) is 0. The van der Waals surface area contributed by atoms with Crippen molar-refractivity contribution in [2.45, 2.75) is 45.6 Å². The van der Waals surface area contributed by atoms with E-state index in [4.69, 9.17) is 0 Å². The molecular formula is C11H17N3O. The molecule has 0 amide bonds. The third kappa shape index (κ3) is 2.43. The Kier molecular flexibility index (Phi) is 3.14. The SMILES string of the molecule is CCCn1ncnc1CC1CCC(=O)C1. The summed E-state index contributed by atoms with van der Waals surface area (Å²) >= 11 is 0. The molecule has 0 aliphatic heterocycles. The van der Waals surface area contributed by atoms with Gasteiger partial charge < -0.3 is 0 Å². The number of aryl methyl sites for hydroxylation is 1. The maximum absolute atomic E-state index is 11.1. The molecule has 1 heterocycles. The second-order valence-corrected chi connectivity index (χ2v) is 4.25. The van der Waals surface area contributed by atoms with Gasteiger partial charge in [0.2, 0.25) is 0 Å². The van der Waals surface area contributed by atoms with E-state index in [0.29, 0.717) is 11.7 Å². The van der Waals surface area contributed by atoms with E-state index in [1.165, 1.54) is 0 Å². The van der Waals surface area contributed by atoms with Crippen molar-refractivity contribution >= 4 is 5.78 Å². The van der Waals surface area contributed by atoms with Crippen molar-refractivity contribution in [1.82, 2.24) is 14.8 Å².